The number of anilines is 2. The van der Waals surface area contributed by atoms with Crippen molar-refractivity contribution in [2.24, 2.45) is 0 Å². The molecule has 0 fully saturated rings. The van der Waals surface area contributed by atoms with Crippen molar-refractivity contribution in [1.82, 2.24) is 0 Å². The van der Waals surface area contributed by atoms with Crippen molar-refractivity contribution in [1.29, 1.82) is 0 Å². The van der Waals surface area contributed by atoms with E-state index in [1.807, 2.05) is 19.1 Å². The second-order valence-electron chi connectivity index (χ2n) is 7.38. The topological polar surface area (TPSA) is 92.8 Å². The Kier molecular flexibility index (Phi) is 7.40. The molecular weight excluding hydrogens is 464 g/mol. The van der Waals surface area contributed by atoms with Crippen LogP contribution < -0.4 is 9.62 Å². The number of benzene rings is 3. The van der Waals surface area contributed by atoms with Crippen molar-refractivity contribution in [2.75, 3.05) is 16.7 Å². The first-order chi connectivity index (χ1) is 15.6. The number of halogens is 1. The normalized spacial score (nSPS) is 12.0. The lowest BCUT2D eigenvalue weighted by Gasteiger charge is -2.20. The monoisotopic (exact) mass is 486 g/mol. The summed E-state index contributed by atoms with van der Waals surface area (Å²) >= 11 is 5.82. The largest absolute Gasteiger partial charge is 0.449 e. The minimum Gasteiger partial charge on any atom is -0.449 e. The van der Waals surface area contributed by atoms with Crippen molar-refractivity contribution < 1.29 is 22.7 Å². The molecule has 33 heavy (non-hydrogen) atoms. The van der Waals surface area contributed by atoms with Gasteiger partial charge in [-0.2, -0.15) is 0 Å². The van der Waals surface area contributed by atoms with Crippen molar-refractivity contribution in [3.8, 4) is 0 Å². The third-order valence-electron chi connectivity index (χ3n) is 4.89. The molecule has 1 N–H and O–H groups in total. The van der Waals surface area contributed by atoms with Gasteiger partial charge in [0.05, 0.1) is 16.1 Å². The molecule has 7 nitrogen and oxygen atoms in total. The van der Waals surface area contributed by atoms with Crippen LogP contribution in [0.1, 0.15) is 22.8 Å². The Morgan fingerprint density at radius 3 is 2.27 bits per heavy atom. The van der Waals surface area contributed by atoms with Crippen LogP contribution in [-0.4, -0.2) is 33.4 Å². The first-order valence-corrected chi connectivity index (χ1v) is 11.8. The van der Waals surface area contributed by atoms with Gasteiger partial charge < -0.3 is 10.1 Å². The quantitative estimate of drug-likeness (QED) is 0.490. The smallest absolute Gasteiger partial charge is 0.338 e. The Balaban J connectivity index is 1.72. The Morgan fingerprint density at radius 1 is 1.00 bits per heavy atom. The van der Waals surface area contributed by atoms with Crippen LogP contribution in [0, 0.1) is 6.92 Å². The molecule has 172 valence electrons. The van der Waals surface area contributed by atoms with E-state index in [1.165, 1.54) is 38.2 Å². The lowest BCUT2D eigenvalue weighted by molar-refractivity contribution is -0.123. The molecular formula is C24H23ClN2O5S. The molecule has 0 heterocycles. The molecule has 0 saturated carbocycles. The molecule has 3 rings (SSSR count). The van der Waals surface area contributed by atoms with Gasteiger partial charge in [0.2, 0.25) is 0 Å². The predicted octanol–water partition coefficient (Wildman–Crippen LogP) is 4.66. The first kappa shape index (κ1) is 24.3. The molecule has 0 radical (unpaired) electrons. The van der Waals surface area contributed by atoms with Gasteiger partial charge in [-0.25, -0.2) is 13.2 Å². The van der Waals surface area contributed by atoms with Crippen LogP contribution in [-0.2, 0) is 19.6 Å². The zero-order valence-electron chi connectivity index (χ0n) is 18.3. The molecule has 3 aromatic rings. The van der Waals surface area contributed by atoms with E-state index in [0.717, 1.165) is 9.87 Å². The number of rotatable bonds is 7. The lowest BCUT2D eigenvalue weighted by Crippen LogP contribution is -2.30. The second-order valence-corrected chi connectivity index (χ2v) is 9.79. The fourth-order valence-electron chi connectivity index (χ4n) is 2.89. The van der Waals surface area contributed by atoms with Crippen LogP contribution in [0.2, 0.25) is 5.02 Å². The number of sulfonamides is 1. The minimum atomic E-state index is -3.91. The third kappa shape index (κ3) is 5.91. The second kappa shape index (κ2) is 10.1. The number of aryl methyl sites for hydroxylation is 1. The van der Waals surface area contributed by atoms with Crippen LogP contribution in [0.25, 0.3) is 0 Å². The minimum absolute atomic E-state index is 0.0134. The van der Waals surface area contributed by atoms with Gasteiger partial charge in [0.25, 0.3) is 15.9 Å². The van der Waals surface area contributed by atoms with Crippen LogP contribution in [0.5, 0.6) is 0 Å². The zero-order chi connectivity index (χ0) is 24.2. The Bertz CT molecular complexity index is 1260. The summed E-state index contributed by atoms with van der Waals surface area (Å²) in [6.07, 6.45) is -1.11. The average molecular weight is 487 g/mol. The number of nitrogens with one attached hydrogen (secondary N) is 1. The molecule has 0 aliphatic carbocycles. The number of esters is 1. The van der Waals surface area contributed by atoms with Gasteiger partial charge >= 0.3 is 5.97 Å². The molecule has 3 aromatic carbocycles. The maximum atomic E-state index is 13.1. The lowest BCUT2D eigenvalue weighted by atomic mass is 10.2. The van der Waals surface area contributed by atoms with Gasteiger partial charge in [0.1, 0.15) is 0 Å². The zero-order valence-corrected chi connectivity index (χ0v) is 19.9. The summed E-state index contributed by atoms with van der Waals surface area (Å²) in [4.78, 5) is 24.9. The average Bonchev–Trinajstić information content (AvgIpc) is 2.80. The first-order valence-electron chi connectivity index (χ1n) is 10.0. The van der Waals surface area contributed by atoms with E-state index < -0.39 is 28.0 Å². The van der Waals surface area contributed by atoms with Crippen molar-refractivity contribution in [2.45, 2.75) is 24.8 Å². The van der Waals surface area contributed by atoms with Crippen molar-refractivity contribution >= 4 is 44.9 Å². The summed E-state index contributed by atoms with van der Waals surface area (Å²) in [6, 6.07) is 19.0. The fraction of sp³-hybridized carbons (Fsp3) is 0.167. The highest BCUT2D eigenvalue weighted by molar-refractivity contribution is 7.92. The molecule has 0 spiro atoms. The molecule has 0 aliphatic heterocycles. The van der Waals surface area contributed by atoms with Crippen LogP contribution in [0.4, 0.5) is 11.4 Å². The maximum Gasteiger partial charge on any atom is 0.338 e. The number of hydrogen-bond acceptors (Lipinski definition) is 5. The van der Waals surface area contributed by atoms with E-state index in [1.54, 1.807) is 36.4 Å². The summed E-state index contributed by atoms with van der Waals surface area (Å²) in [5.74, 6) is -1.35. The Labute approximate surface area is 198 Å². The summed E-state index contributed by atoms with van der Waals surface area (Å²) < 4.78 is 32.5. The highest BCUT2D eigenvalue weighted by atomic mass is 35.5. The SMILES string of the molecule is Cc1ccc(N(C)S(=O)(=O)c2cccc(C(=O)O[C@@H](C)C(=O)Nc3ccc(Cl)cc3)c2)cc1. The number of ether oxygens (including phenoxy) is 1. The van der Waals surface area contributed by atoms with Gasteiger partial charge in [-0.1, -0.05) is 35.4 Å². The van der Waals surface area contributed by atoms with Crippen LogP contribution in [0.3, 0.4) is 0 Å². The fourth-order valence-corrected chi connectivity index (χ4v) is 4.26. The van der Waals surface area contributed by atoms with Crippen molar-refractivity contribution in [3.05, 3.63) is 88.9 Å². The maximum absolute atomic E-state index is 13.1. The van der Waals surface area contributed by atoms with Gasteiger partial charge in [-0.3, -0.25) is 9.10 Å². The Hall–Kier alpha value is -3.36. The van der Waals surface area contributed by atoms with Gasteiger partial charge in [-0.05, 0) is 68.4 Å². The van der Waals surface area contributed by atoms with Gasteiger partial charge in [-0.15, -0.1) is 0 Å². The van der Waals surface area contributed by atoms with E-state index in [0.29, 0.717) is 16.4 Å². The molecule has 0 bridgehead atoms. The van der Waals surface area contributed by atoms with Gasteiger partial charge in [0.15, 0.2) is 6.10 Å². The standard InChI is InChI=1S/C24H23ClN2O5S/c1-16-7-13-21(14-8-16)27(3)33(30,31)22-6-4-5-18(15-22)24(29)32-17(2)23(28)26-20-11-9-19(25)10-12-20/h4-15,17H,1-3H3,(H,26,28)/t17-/m0/s1. The van der Waals surface area contributed by atoms with E-state index in [9.17, 15) is 18.0 Å². The summed E-state index contributed by atoms with van der Waals surface area (Å²) in [6.45, 7) is 3.33. The molecule has 9 heteroatoms. The molecule has 0 aromatic heterocycles. The molecule has 0 saturated heterocycles. The summed E-state index contributed by atoms with van der Waals surface area (Å²) in [5.41, 5.74) is 2.00. The summed E-state index contributed by atoms with van der Waals surface area (Å²) in [5, 5.41) is 3.14. The number of amides is 1. The predicted molar refractivity (Wildman–Crippen MR) is 128 cm³/mol. The third-order valence-corrected chi connectivity index (χ3v) is 6.92. The van der Waals surface area contributed by atoms with Gasteiger partial charge in [0, 0.05) is 17.8 Å². The number of carbonyl (C=O) groups excluding carboxylic acids is 2. The molecule has 1 amide bonds. The van der Waals surface area contributed by atoms with Crippen LogP contribution in [0.15, 0.2) is 77.7 Å². The molecule has 1 atom stereocenters. The number of nitrogens with zero attached hydrogens (tertiary/aromatic N) is 1. The van der Waals surface area contributed by atoms with Crippen LogP contribution >= 0.6 is 11.6 Å². The number of carbonyl (C=O) groups is 2. The highest BCUT2D eigenvalue weighted by Crippen LogP contribution is 2.23. The van der Waals surface area contributed by atoms with E-state index in [4.69, 9.17) is 16.3 Å². The summed E-state index contributed by atoms with van der Waals surface area (Å²) in [7, 11) is -2.48. The van der Waals surface area contributed by atoms with Crippen molar-refractivity contribution in [3.63, 3.8) is 0 Å². The van der Waals surface area contributed by atoms with E-state index in [2.05, 4.69) is 5.32 Å². The number of hydrogen-bond donors (Lipinski definition) is 1. The molecule has 0 unspecified atom stereocenters. The van der Waals surface area contributed by atoms with E-state index in [-0.39, 0.29) is 10.5 Å². The Morgan fingerprint density at radius 2 is 1.64 bits per heavy atom. The van der Waals surface area contributed by atoms with E-state index >= 15 is 0 Å². The highest BCUT2D eigenvalue weighted by Gasteiger charge is 2.24. The molecule has 0 aliphatic rings.